The molecule has 4 nitrogen and oxygen atoms in total. The van der Waals surface area contributed by atoms with Gasteiger partial charge in [-0.05, 0) is 18.1 Å². The summed E-state index contributed by atoms with van der Waals surface area (Å²) in [6, 6.07) is 5.64. The van der Waals surface area contributed by atoms with Crippen molar-refractivity contribution >= 4 is 16.8 Å². The van der Waals surface area contributed by atoms with Crippen molar-refractivity contribution < 1.29 is 9.53 Å². The molecule has 0 saturated carbocycles. The van der Waals surface area contributed by atoms with Gasteiger partial charge in [0.2, 0.25) is 0 Å². The number of fused-ring (bicyclic) bond motifs is 1. The van der Waals surface area contributed by atoms with Crippen molar-refractivity contribution in [3.05, 3.63) is 30.0 Å². The Bertz CT molecular complexity index is 558. The molecule has 1 aromatic carbocycles. The van der Waals surface area contributed by atoms with E-state index in [1.807, 2.05) is 18.2 Å². The predicted octanol–water partition coefficient (Wildman–Crippen LogP) is 2.56. The maximum Gasteiger partial charge on any atom is 0.253 e. The van der Waals surface area contributed by atoms with Gasteiger partial charge in [-0.15, -0.1) is 0 Å². The number of aromatic nitrogens is 1. The van der Waals surface area contributed by atoms with Crippen molar-refractivity contribution in [1.29, 1.82) is 0 Å². The molecule has 0 aliphatic heterocycles. The number of aromatic amines is 1. The standard InChI is InChI=1S/C14H18N2O2/c1-9(2)7-16-14(17)12-8-15-13-6-10(18-3)4-5-11(12)13/h4-6,8-9,15H,7H2,1-3H3,(H,16,17). The molecule has 2 aromatic rings. The summed E-state index contributed by atoms with van der Waals surface area (Å²) in [6.07, 6.45) is 1.74. The molecule has 0 aliphatic carbocycles. The summed E-state index contributed by atoms with van der Waals surface area (Å²) in [5, 5.41) is 3.83. The van der Waals surface area contributed by atoms with E-state index >= 15 is 0 Å². The molecule has 0 unspecified atom stereocenters. The fraction of sp³-hybridized carbons (Fsp3) is 0.357. The van der Waals surface area contributed by atoms with E-state index in [0.29, 0.717) is 18.0 Å². The number of nitrogens with one attached hydrogen (secondary N) is 2. The van der Waals surface area contributed by atoms with Crippen molar-refractivity contribution in [3.8, 4) is 5.75 Å². The summed E-state index contributed by atoms with van der Waals surface area (Å²) in [5.74, 6) is 1.18. The van der Waals surface area contributed by atoms with Gasteiger partial charge in [0, 0.05) is 29.7 Å². The average molecular weight is 246 g/mol. The second-order valence-electron chi connectivity index (χ2n) is 4.72. The highest BCUT2D eigenvalue weighted by Crippen LogP contribution is 2.23. The smallest absolute Gasteiger partial charge is 0.253 e. The van der Waals surface area contributed by atoms with Crippen LogP contribution in [0.3, 0.4) is 0 Å². The minimum atomic E-state index is -0.0416. The molecule has 0 atom stereocenters. The predicted molar refractivity (Wildman–Crippen MR) is 72.0 cm³/mol. The normalized spacial score (nSPS) is 10.9. The Balaban J connectivity index is 2.26. The number of carbonyl (C=O) groups excluding carboxylic acids is 1. The number of H-pyrrole nitrogens is 1. The molecule has 0 spiro atoms. The first kappa shape index (κ1) is 12.5. The van der Waals surface area contributed by atoms with Gasteiger partial charge in [0.15, 0.2) is 0 Å². The van der Waals surface area contributed by atoms with Crippen LogP contribution in [0.4, 0.5) is 0 Å². The van der Waals surface area contributed by atoms with E-state index in [2.05, 4.69) is 24.1 Å². The van der Waals surface area contributed by atoms with Crippen LogP contribution >= 0.6 is 0 Å². The quantitative estimate of drug-likeness (QED) is 0.871. The molecule has 2 N–H and O–H groups in total. The summed E-state index contributed by atoms with van der Waals surface area (Å²) < 4.78 is 5.15. The highest BCUT2D eigenvalue weighted by atomic mass is 16.5. The molecular weight excluding hydrogens is 228 g/mol. The fourth-order valence-electron chi connectivity index (χ4n) is 1.81. The van der Waals surface area contributed by atoms with E-state index in [1.54, 1.807) is 13.3 Å². The number of benzene rings is 1. The Kier molecular flexibility index (Phi) is 3.55. The van der Waals surface area contributed by atoms with Gasteiger partial charge in [-0.3, -0.25) is 4.79 Å². The number of methoxy groups -OCH3 is 1. The molecule has 2 rings (SSSR count). The zero-order chi connectivity index (χ0) is 13.1. The van der Waals surface area contributed by atoms with Gasteiger partial charge in [0.1, 0.15) is 5.75 Å². The summed E-state index contributed by atoms with van der Waals surface area (Å²) >= 11 is 0. The van der Waals surface area contributed by atoms with Gasteiger partial charge in [0.05, 0.1) is 12.7 Å². The molecule has 0 bridgehead atoms. The van der Waals surface area contributed by atoms with Crippen molar-refractivity contribution in [2.45, 2.75) is 13.8 Å². The van der Waals surface area contributed by atoms with Crippen molar-refractivity contribution in [3.63, 3.8) is 0 Å². The van der Waals surface area contributed by atoms with Crippen LogP contribution in [0.1, 0.15) is 24.2 Å². The Morgan fingerprint density at radius 1 is 1.44 bits per heavy atom. The molecule has 4 heteroatoms. The van der Waals surface area contributed by atoms with Crippen LogP contribution < -0.4 is 10.1 Å². The third-order valence-electron chi connectivity index (χ3n) is 2.80. The fourth-order valence-corrected chi connectivity index (χ4v) is 1.81. The molecule has 0 radical (unpaired) electrons. The summed E-state index contributed by atoms with van der Waals surface area (Å²) in [4.78, 5) is 15.1. The van der Waals surface area contributed by atoms with Crippen molar-refractivity contribution in [2.24, 2.45) is 5.92 Å². The lowest BCUT2D eigenvalue weighted by atomic mass is 10.1. The van der Waals surface area contributed by atoms with Crippen LogP contribution in [0.25, 0.3) is 10.9 Å². The molecule has 0 aliphatic rings. The molecule has 1 heterocycles. The number of hydrogen-bond donors (Lipinski definition) is 2. The van der Waals surface area contributed by atoms with Crippen LogP contribution in [0.5, 0.6) is 5.75 Å². The summed E-state index contributed by atoms with van der Waals surface area (Å²) in [6.45, 7) is 4.82. The first-order chi connectivity index (χ1) is 8.61. The maximum atomic E-state index is 12.0. The maximum absolute atomic E-state index is 12.0. The second-order valence-corrected chi connectivity index (χ2v) is 4.72. The Morgan fingerprint density at radius 2 is 2.22 bits per heavy atom. The Labute approximate surface area is 106 Å². The van der Waals surface area contributed by atoms with Crippen molar-refractivity contribution in [1.82, 2.24) is 10.3 Å². The Morgan fingerprint density at radius 3 is 2.89 bits per heavy atom. The lowest BCUT2D eigenvalue weighted by molar-refractivity contribution is 0.0950. The molecule has 18 heavy (non-hydrogen) atoms. The van der Waals surface area contributed by atoms with Gasteiger partial charge in [-0.1, -0.05) is 13.8 Å². The van der Waals surface area contributed by atoms with Crippen LogP contribution in [0.15, 0.2) is 24.4 Å². The molecule has 1 amide bonds. The van der Waals surface area contributed by atoms with E-state index in [1.165, 1.54) is 0 Å². The molecular formula is C14H18N2O2. The molecule has 1 aromatic heterocycles. The van der Waals surface area contributed by atoms with Gasteiger partial charge in [-0.2, -0.15) is 0 Å². The van der Waals surface area contributed by atoms with E-state index in [0.717, 1.165) is 16.7 Å². The van der Waals surface area contributed by atoms with Gasteiger partial charge in [-0.25, -0.2) is 0 Å². The van der Waals surface area contributed by atoms with Crippen LogP contribution in [-0.2, 0) is 0 Å². The highest BCUT2D eigenvalue weighted by molar-refractivity contribution is 6.06. The van der Waals surface area contributed by atoms with E-state index in [-0.39, 0.29) is 5.91 Å². The third kappa shape index (κ3) is 2.47. The monoisotopic (exact) mass is 246 g/mol. The topological polar surface area (TPSA) is 54.1 Å². The minimum Gasteiger partial charge on any atom is -0.497 e. The lowest BCUT2D eigenvalue weighted by Gasteiger charge is -2.06. The van der Waals surface area contributed by atoms with Gasteiger partial charge in [0.25, 0.3) is 5.91 Å². The number of carbonyl (C=O) groups is 1. The zero-order valence-electron chi connectivity index (χ0n) is 10.9. The summed E-state index contributed by atoms with van der Waals surface area (Å²) in [5.41, 5.74) is 1.58. The van der Waals surface area contributed by atoms with Crippen LogP contribution in [-0.4, -0.2) is 24.5 Å². The zero-order valence-corrected chi connectivity index (χ0v) is 10.9. The van der Waals surface area contributed by atoms with E-state index < -0.39 is 0 Å². The molecule has 0 fully saturated rings. The number of rotatable bonds is 4. The first-order valence-corrected chi connectivity index (χ1v) is 6.05. The first-order valence-electron chi connectivity index (χ1n) is 6.05. The lowest BCUT2D eigenvalue weighted by Crippen LogP contribution is -2.27. The van der Waals surface area contributed by atoms with Crippen molar-refractivity contribution in [2.75, 3.05) is 13.7 Å². The highest BCUT2D eigenvalue weighted by Gasteiger charge is 2.12. The third-order valence-corrected chi connectivity index (χ3v) is 2.80. The molecule has 0 saturated heterocycles. The minimum absolute atomic E-state index is 0.0416. The number of ether oxygens (including phenoxy) is 1. The molecule has 96 valence electrons. The largest absolute Gasteiger partial charge is 0.497 e. The number of amides is 1. The Hall–Kier alpha value is -1.97. The SMILES string of the molecule is COc1ccc2c(C(=O)NCC(C)C)c[nH]c2c1. The summed E-state index contributed by atoms with van der Waals surface area (Å²) in [7, 11) is 1.63. The van der Waals surface area contributed by atoms with Crippen LogP contribution in [0, 0.1) is 5.92 Å². The van der Waals surface area contributed by atoms with Gasteiger partial charge < -0.3 is 15.0 Å². The van der Waals surface area contributed by atoms with Crippen LogP contribution in [0.2, 0.25) is 0 Å². The van der Waals surface area contributed by atoms with E-state index in [9.17, 15) is 4.79 Å². The van der Waals surface area contributed by atoms with E-state index in [4.69, 9.17) is 4.74 Å². The second kappa shape index (κ2) is 5.12. The van der Waals surface area contributed by atoms with Gasteiger partial charge >= 0.3 is 0 Å². The number of hydrogen-bond acceptors (Lipinski definition) is 2. The average Bonchev–Trinajstić information content (AvgIpc) is 2.78.